The lowest BCUT2D eigenvalue weighted by atomic mass is 10.0. The zero-order chi connectivity index (χ0) is 63.4. The van der Waals surface area contributed by atoms with Gasteiger partial charge in [0, 0.05) is 129 Å². The van der Waals surface area contributed by atoms with E-state index in [0.717, 1.165) is 24.0 Å². The molecular formula is C66H69Cl2F2N10O8P. The maximum atomic E-state index is 13.7. The van der Waals surface area contributed by atoms with Crippen LogP contribution in [0.25, 0.3) is 21.8 Å². The van der Waals surface area contributed by atoms with Gasteiger partial charge in [0.2, 0.25) is 0 Å². The van der Waals surface area contributed by atoms with Gasteiger partial charge in [-0.05, 0) is 124 Å². The highest BCUT2D eigenvalue weighted by molar-refractivity contribution is 7.74. The molecule has 4 saturated heterocycles. The second kappa shape index (κ2) is 27.4. The molecule has 4 amide bonds. The number of halogens is 4. The van der Waals surface area contributed by atoms with Crippen LogP contribution in [0.2, 0.25) is 10.0 Å². The summed E-state index contributed by atoms with van der Waals surface area (Å²) in [6, 6.07) is 37.2. The lowest BCUT2D eigenvalue weighted by Gasteiger charge is -2.44. The number of Topliss-reactive ketones (excluding diaryl/α,β-unsaturated/α-hetero) is 2. The van der Waals surface area contributed by atoms with E-state index in [4.69, 9.17) is 39.6 Å². The van der Waals surface area contributed by atoms with Crippen molar-refractivity contribution in [2.45, 2.75) is 77.8 Å². The van der Waals surface area contributed by atoms with Crippen LogP contribution in [0.4, 0.5) is 8.78 Å². The summed E-state index contributed by atoms with van der Waals surface area (Å²) in [5.41, 5.74) is 4.06. The number of fused-ring (bicyclic) bond motifs is 2. The first-order valence-electron chi connectivity index (χ1n) is 29.4. The second-order valence-corrected chi connectivity index (χ2v) is 26.2. The van der Waals surface area contributed by atoms with Crippen LogP contribution in [0.5, 0.6) is 0 Å². The lowest BCUT2D eigenvalue weighted by molar-refractivity contribution is -0.130. The number of nitrogens with one attached hydrogen (secondary N) is 1. The Balaban J connectivity index is 0.000000158. The first kappa shape index (κ1) is 63.9. The Morgan fingerprint density at radius 2 is 0.989 bits per heavy atom. The molecule has 12 rings (SSSR count). The molecular weight excluding hydrogens is 1200 g/mol. The van der Waals surface area contributed by atoms with Crippen LogP contribution >= 0.6 is 30.6 Å². The molecule has 464 valence electrons. The van der Waals surface area contributed by atoms with Gasteiger partial charge in [0.15, 0.2) is 0 Å². The van der Waals surface area contributed by atoms with Crippen molar-refractivity contribution in [2.75, 3.05) is 58.2 Å². The third-order valence-corrected chi connectivity index (χ3v) is 19.9. The number of aromatic nitrogens is 2. The quantitative estimate of drug-likeness (QED) is 0.0323. The van der Waals surface area contributed by atoms with E-state index in [1.54, 1.807) is 82.6 Å². The van der Waals surface area contributed by atoms with Gasteiger partial charge in [0.25, 0.3) is 42.6 Å². The normalized spacial score (nSPS) is 18.7. The number of ketones is 2. The SMILES string of the molecule is C[C@@H]1CN(Cc2ccc(F)cc2)[C@@H](C)CN1C(=O)c1cc2c(C(=O)C(=O)N3CCC3)c[nH]c2cc1Cl.C[C@@H]1CN(Cc2ccc(F)cc2)[C@@H](C)CN1C(=O)c1cc2c(C(=O)C(=O)N3CCC3)cn(N)c2cc1Cl.NOP(=O)(c1ccccc1)c1ccccc1. The largest absolute Gasteiger partial charge is 0.360 e. The predicted molar refractivity (Wildman–Crippen MR) is 340 cm³/mol. The average Bonchev–Trinajstić information content (AvgIpc) is 3.17. The third-order valence-electron chi connectivity index (χ3n) is 17.0. The van der Waals surface area contributed by atoms with Crippen LogP contribution in [-0.4, -0.2) is 151 Å². The number of piperazine rings is 2. The Kier molecular flexibility index (Phi) is 19.6. The molecule has 0 saturated carbocycles. The first-order valence-corrected chi connectivity index (χ1v) is 31.8. The first-order chi connectivity index (χ1) is 42.6. The summed E-state index contributed by atoms with van der Waals surface area (Å²) >= 11 is 13.1. The number of amides is 4. The summed E-state index contributed by atoms with van der Waals surface area (Å²) in [5.74, 6) is 7.96. The van der Waals surface area contributed by atoms with E-state index in [1.165, 1.54) is 51.1 Å². The number of hydrogen-bond donors (Lipinski definition) is 3. The van der Waals surface area contributed by atoms with Gasteiger partial charge in [0.05, 0.1) is 37.8 Å². The van der Waals surface area contributed by atoms with Crippen molar-refractivity contribution in [2.24, 2.45) is 5.90 Å². The van der Waals surface area contributed by atoms with Gasteiger partial charge in [-0.25, -0.2) is 19.3 Å². The van der Waals surface area contributed by atoms with Crippen molar-refractivity contribution in [3.05, 3.63) is 201 Å². The minimum Gasteiger partial charge on any atom is -0.360 e. The van der Waals surface area contributed by atoms with Gasteiger partial charge in [0.1, 0.15) is 11.6 Å². The molecule has 8 aromatic rings. The number of aromatic amines is 1. The molecule has 2 aromatic heterocycles. The Bertz CT molecular complexity index is 3960. The smallest absolute Gasteiger partial charge is 0.295 e. The number of H-pyrrole nitrogens is 1. The van der Waals surface area contributed by atoms with Crippen LogP contribution < -0.4 is 22.3 Å². The number of benzene rings is 6. The molecule has 23 heteroatoms. The van der Waals surface area contributed by atoms with Crippen molar-refractivity contribution >= 4 is 98.2 Å². The summed E-state index contributed by atoms with van der Waals surface area (Å²) in [7, 11) is -3.13. The zero-order valence-corrected chi connectivity index (χ0v) is 52.1. The predicted octanol–water partition coefficient (Wildman–Crippen LogP) is 9.21. The van der Waals surface area contributed by atoms with Crippen LogP contribution in [0.3, 0.4) is 0 Å². The number of carbonyl (C=O) groups excluding carboxylic acids is 6. The van der Waals surface area contributed by atoms with E-state index in [9.17, 15) is 42.1 Å². The Morgan fingerprint density at radius 1 is 0.562 bits per heavy atom. The van der Waals surface area contributed by atoms with E-state index < -0.39 is 30.7 Å². The molecule has 18 nitrogen and oxygen atoms in total. The summed E-state index contributed by atoms with van der Waals surface area (Å²) in [6.45, 7) is 14.0. The number of rotatable bonds is 13. The van der Waals surface area contributed by atoms with Gasteiger partial charge >= 0.3 is 0 Å². The molecule has 4 fully saturated rings. The molecule has 4 aliphatic heterocycles. The van der Waals surface area contributed by atoms with Crippen LogP contribution in [0.15, 0.2) is 146 Å². The highest BCUT2D eigenvalue weighted by Crippen LogP contribution is 2.42. The van der Waals surface area contributed by atoms with Crippen molar-refractivity contribution in [1.29, 1.82) is 0 Å². The summed E-state index contributed by atoms with van der Waals surface area (Å²) in [4.78, 5) is 92.4. The average molecular weight is 1270 g/mol. The van der Waals surface area contributed by atoms with Gasteiger partial charge < -0.3 is 30.4 Å². The highest BCUT2D eigenvalue weighted by atomic mass is 35.5. The fourth-order valence-electron chi connectivity index (χ4n) is 11.5. The maximum Gasteiger partial charge on any atom is 0.295 e. The zero-order valence-electron chi connectivity index (χ0n) is 49.7. The Hall–Kier alpha value is -8.07. The summed E-state index contributed by atoms with van der Waals surface area (Å²) < 4.78 is 45.2. The van der Waals surface area contributed by atoms with Gasteiger partial charge in [-0.3, -0.25) is 47.8 Å². The Labute approximate surface area is 524 Å². The molecule has 89 heavy (non-hydrogen) atoms. The summed E-state index contributed by atoms with van der Waals surface area (Å²) in [6.07, 6.45) is 4.69. The van der Waals surface area contributed by atoms with Gasteiger partial charge in [-0.2, -0.15) is 0 Å². The summed E-state index contributed by atoms with van der Waals surface area (Å²) in [5, 5.41) is 2.65. The van der Waals surface area contributed by atoms with Crippen molar-refractivity contribution in [3.8, 4) is 0 Å². The van der Waals surface area contributed by atoms with Crippen LogP contribution in [0.1, 0.15) is 93.1 Å². The van der Waals surface area contributed by atoms with Crippen molar-refractivity contribution < 1.29 is 46.7 Å². The molecule has 0 radical (unpaired) electrons. The van der Waals surface area contributed by atoms with Crippen LogP contribution in [0, 0.1) is 11.6 Å². The topological polar surface area (TPSA) is 221 Å². The molecule has 0 bridgehead atoms. The fraction of sp³-hybridized carbons (Fsp3) is 0.303. The van der Waals surface area contributed by atoms with Crippen molar-refractivity contribution in [1.82, 2.24) is 39.1 Å². The van der Waals surface area contributed by atoms with E-state index in [1.807, 2.05) is 57.2 Å². The lowest BCUT2D eigenvalue weighted by Crippen LogP contribution is -2.57. The minimum atomic E-state index is -3.13. The number of nitrogen functional groups attached to an aromatic ring is 1. The molecule has 0 unspecified atom stereocenters. The molecule has 6 heterocycles. The minimum absolute atomic E-state index is 0.0594. The highest BCUT2D eigenvalue weighted by Gasteiger charge is 2.37. The molecule has 0 aliphatic carbocycles. The monoisotopic (exact) mass is 1270 g/mol. The maximum absolute atomic E-state index is 13.7. The number of likely N-dealkylation sites (tertiary alicyclic amines) is 2. The fourth-order valence-corrected chi connectivity index (χ4v) is 13.7. The molecule has 0 spiro atoms. The van der Waals surface area contributed by atoms with Gasteiger partial charge in [-0.1, -0.05) is 83.9 Å². The second-order valence-electron chi connectivity index (χ2n) is 23.1. The van der Waals surface area contributed by atoms with Crippen LogP contribution in [-0.2, 0) is 31.9 Å². The van der Waals surface area contributed by atoms with E-state index in [0.29, 0.717) is 103 Å². The number of carbonyl (C=O) groups is 6. The van der Waals surface area contributed by atoms with E-state index in [2.05, 4.69) is 21.7 Å². The number of hydrogen-bond acceptors (Lipinski definition) is 12. The standard InChI is InChI=1S/C27H29ClFN5O3.C27H28ClFN4O3.C12H12NO2P/c1-16-13-33(17(2)12-32(16)14-18-4-6-19(29)7-5-18)26(36)21-10-20-22(15-34(30)24(20)11-23(21)28)25(35)27(37)31-8-3-9-31;1-16-14-33(17(2)13-32(16)15-18-4-6-19(29)7-5-18)26(35)21-10-20-22(12-30-24(20)11-23(21)28)25(34)27(36)31-8-3-9-31;13-15-16(14,11-7-3-1-4-8-11)12-9-5-2-6-10-12/h4-7,10-11,15-17H,3,8-9,12-14,30H2,1-2H3;4-7,10-12,16-17,30H,3,8-9,13-15H2,1-2H3;1-10H,13H2/t2*16-,17+;/m00./s1. The Morgan fingerprint density at radius 3 is 1.42 bits per heavy atom. The van der Waals surface area contributed by atoms with E-state index >= 15 is 0 Å². The number of nitrogens with zero attached hydrogens (tertiary/aromatic N) is 7. The molecule has 5 N–H and O–H groups in total. The molecule has 4 aliphatic rings. The number of nitrogens with two attached hydrogens (primary N) is 2. The molecule has 6 aromatic carbocycles. The third kappa shape index (κ3) is 13.7. The van der Waals surface area contributed by atoms with Crippen molar-refractivity contribution in [3.63, 3.8) is 0 Å². The van der Waals surface area contributed by atoms with E-state index in [-0.39, 0.29) is 74.4 Å². The molecule has 4 atom stereocenters. The van der Waals surface area contributed by atoms with Gasteiger partial charge in [-0.15, -0.1) is 0 Å².